The molecule has 2 aromatic carbocycles. The van der Waals surface area contributed by atoms with E-state index in [9.17, 15) is 19.2 Å². The topological polar surface area (TPSA) is 92.8 Å². The number of benzene rings is 2. The largest absolute Gasteiger partial charge is 0.465 e. The Morgan fingerprint density at radius 3 is 2.18 bits per heavy atom. The van der Waals surface area contributed by atoms with Crippen LogP contribution in [-0.2, 0) is 14.3 Å². The third-order valence-electron chi connectivity index (χ3n) is 4.21. The van der Waals surface area contributed by atoms with E-state index in [1.807, 2.05) is 19.9 Å². The number of aryl methyl sites for hydroxylation is 2. The molecular formula is C21H18N2O5. The first kappa shape index (κ1) is 19.0. The molecule has 0 spiro atoms. The first-order valence-electron chi connectivity index (χ1n) is 8.48. The molecule has 1 N–H and O–H groups in total. The molecule has 0 atom stereocenters. The van der Waals surface area contributed by atoms with Crippen molar-refractivity contribution in [3.8, 4) is 0 Å². The Balaban J connectivity index is 1.97. The van der Waals surface area contributed by atoms with Gasteiger partial charge in [-0.25, -0.2) is 14.5 Å². The number of ether oxygens (including phenoxy) is 1. The summed E-state index contributed by atoms with van der Waals surface area (Å²) in [5, 5.41) is 2.19. The highest BCUT2D eigenvalue weighted by Crippen LogP contribution is 2.24. The van der Waals surface area contributed by atoms with Crippen molar-refractivity contribution in [1.29, 1.82) is 0 Å². The smallest absolute Gasteiger partial charge is 0.337 e. The Kier molecular flexibility index (Phi) is 5.08. The lowest BCUT2D eigenvalue weighted by Crippen LogP contribution is -2.54. The van der Waals surface area contributed by atoms with Gasteiger partial charge < -0.3 is 4.74 Å². The number of anilines is 1. The van der Waals surface area contributed by atoms with E-state index in [0.717, 1.165) is 16.0 Å². The van der Waals surface area contributed by atoms with Crippen molar-refractivity contribution >= 4 is 35.6 Å². The molecule has 1 heterocycles. The second-order valence-electron chi connectivity index (χ2n) is 6.42. The molecule has 1 aliphatic rings. The van der Waals surface area contributed by atoms with Crippen molar-refractivity contribution in [3.05, 3.63) is 70.3 Å². The summed E-state index contributed by atoms with van der Waals surface area (Å²) >= 11 is 0. The van der Waals surface area contributed by atoms with Crippen LogP contribution in [0.4, 0.5) is 10.5 Å². The van der Waals surface area contributed by atoms with Gasteiger partial charge in [0.1, 0.15) is 5.57 Å². The van der Waals surface area contributed by atoms with Crippen LogP contribution in [0.15, 0.2) is 48.0 Å². The molecule has 0 bridgehead atoms. The molecule has 0 saturated carbocycles. The fourth-order valence-electron chi connectivity index (χ4n) is 2.97. The van der Waals surface area contributed by atoms with Gasteiger partial charge in [0.15, 0.2) is 0 Å². The number of amides is 4. The maximum atomic E-state index is 12.9. The molecule has 4 amide bonds. The van der Waals surface area contributed by atoms with Gasteiger partial charge in [-0.2, -0.15) is 0 Å². The summed E-state index contributed by atoms with van der Waals surface area (Å²) in [7, 11) is 1.28. The third-order valence-corrected chi connectivity index (χ3v) is 4.21. The minimum atomic E-state index is -0.793. The number of imide groups is 2. The van der Waals surface area contributed by atoms with Crippen molar-refractivity contribution in [3.63, 3.8) is 0 Å². The Hall–Kier alpha value is -3.74. The molecule has 142 valence electrons. The lowest BCUT2D eigenvalue weighted by atomic mass is 10.0. The molecule has 2 aromatic rings. The predicted octanol–water partition coefficient (Wildman–Crippen LogP) is 2.76. The number of nitrogens with one attached hydrogen (secondary N) is 1. The van der Waals surface area contributed by atoms with E-state index in [0.29, 0.717) is 16.8 Å². The average Bonchev–Trinajstić information content (AvgIpc) is 2.64. The first-order chi connectivity index (χ1) is 13.3. The number of rotatable bonds is 3. The molecule has 0 aliphatic carbocycles. The minimum absolute atomic E-state index is 0.176. The number of carbonyl (C=O) groups is 4. The van der Waals surface area contributed by atoms with Crippen LogP contribution in [0.5, 0.6) is 0 Å². The van der Waals surface area contributed by atoms with Crippen LogP contribution < -0.4 is 10.2 Å². The predicted molar refractivity (Wildman–Crippen MR) is 103 cm³/mol. The van der Waals surface area contributed by atoms with Crippen LogP contribution in [0, 0.1) is 13.8 Å². The van der Waals surface area contributed by atoms with Gasteiger partial charge in [0.25, 0.3) is 11.8 Å². The van der Waals surface area contributed by atoms with Crippen molar-refractivity contribution < 1.29 is 23.9 Å². The highest BCUT2D eigenvalue weighted by Gasteiger charge is 2.36. The number of carbonyl (C=O) groups excluding carboxylic acids is 4. The normalized spacial score (nSPS) is 15.6. The Bertz CT molecular complexity index is 1000. The maximum absolute atomic E-state index is 12.9. The van der Waals surface area contributed by atoms with Gasteiger partial charge in [-0.05, 0) is 60.9 Å². The summed E-state index contributed by atoms with van der Waals surface area (Å²) in [6.45, 7) is 3.71. The zero-order valence-electron chi connectivity index (χ0n) is 15.6. The van der Waals surface area contributed by atoms with Gasteiger partial charge in [0.2, 0.25) is 0 Å². The lowest BCUT2D eigenvalue weighted by molar-refractivity contribution is -0.122. The molecule has 1 fully saturated rings. The number of methoxy groups -OCH3 is 1. The number of nitrogens with zero attached hydrogens (tertiary/aromatic N) is 1. The summed E-state index contributed by atoms with van der Waals surface area (Å²) in [6, 6.07) is 10.7. The van der Waals surface area contributed by atoms with Crippen molar-refractivity contribution in [2.45, 2.75) is 13.8 Å². The molecule has 3 rings (SSSR count). The standard InChI is InChI=1S/C21H18N2O5/c1-12-8-13(2)10-16(9-12)23-19(25)17(18(24)22-21(23)27)11-14-4-6-15(7-5-14)20(26)28-3/h4-11H,1-3H3,(H,22,24,27). The number of esters is 1. The highest BCUT2D eigenvalue weighted by molar-refractivity contribution is 6.39. The van der Waals surface area contributed by atoms with E-state index in [-0.39, 0.29) is 5.57 Å². The number of hydrogen-bond acceptors (Lipinski definition) is 5. The van der Waals surface area contributed by atoms with E-state index in [2.05, 4.69) is 10.1 Å². The quantitative estimate of drug-likeness (QED) is 0.504. The van der Waals surface area contributed by atoms with E-state index in [1.54, 1.807) is 24.3 Å². The average molecular weight is 378 g/mol. The van der Waals surface area contributed by atoms with Crippen LogP contribution in [0.1, 0.15) is 27.0 Å². The molecule has 7 heteroatoms. The van der Waals surface area contributed by atoms with Crippen LogP contribution in [-0.4, -0.2) is 30.9 Å². The number of barbiturate groups is 1. The second-order valence-corrected chi connectivity index (χ2v) is 6.42. The van der Waals surface area contributed by atoms with Gasteiger partial charge in [-0.1, -0.05) is 18.2 Å². The van der Waals surface area contributed by atoms with Gasteiger partial charge in [-0.15, -0.1) is 0 Å². The SMILES string of the molecule is COC(=O)c1ccc(C=C2C(=O)NC(=O)N(c3cc(C)cc(C)c3)C2=O)cc1. The Morgan fingerprint density at radius 2 is 1.61 bits per heavy atom. The monoisotopic (exact) mass is 378 g/mol. The second kappa shape index (κ2) is 7.48. The lowest BCUT2D eigenvalue weighted by Gasteiger charge is -2.27. The number of urea groups is 1. The summed E-state index contributed by atoms with van der Waals surface area (Å²) in [6.07, 6.45) is 1.38. The fraction of sp³-hybridized carbons (Fsp3) is 0.143. The summed E-state index contributed by atoms with van der Waals surface area (Å²) in [5.41, 5.74) is 2.86. The molecule has 0 radical (unpaired) electrons. The van der Waals surface area contributed by atoms with Crippen molar-refractivity contribution in [2.24, 2.45) is 0 Å². The molecule has 28 heavy (non-hydrogen) atoms. The molecule has 1 aliphatic heterocycles. The molecule has 7 nitrogen and oxygen atoms in total. The maximum Gasteiger partial charge on any atom is 0.337 e. The van der Waals surface area contributed by atoms with Gasteiger partial charge in [-0.3, -0.25) is 14.9 Å². The Labute approximate surface area is 161 Å². The Morgan fingerprint density at radius 1 is 1.00 bits per heavy atom. The van der Waals surface area contributed by atoms with Gasteiger partial charge >= 0.3 is 12.0 Å². The molecule has 1 saturated heterocycles. The number of hydrogen-bond donors (Lipinski definition) is 1. The first-order valence-corrected chi connectivity index (χ1v) is 8.48. The van der Waals surface area contributed by atoms with E-state index in [4.69, 9.17) is 0 Å². The fourth-order valence-corrected chi connectivity index (χ4v) is 2.97. The molecular weight excluding hydrogens is 360 g/mol. The minimum Gasteiger partial charge on any atom is -0.465 e. The van der Waals surface area contributed by atoms with Crippen LogP contribution in [0.3, 0.4) is 0 Å². The van der Waals surface area contributed by atoms with E-state index < -0.39 is 23.8 Å². The van der Waals surface area contributed by atoms with E-state index in [1.165, 1.54) is 25.3 Å². The van der Waals surface area contributed by atoms with Crippen molar-refractivity contribution in [2.75, 3.05) is 12.0 Å². The summed E-state index contributed by atoms with van der Waals surface area (Å²) < 4.78 is 4.64. The zero-order chi connectivity index (χ0) is 20.4. The third kappa shape index (κ3) is 3.68. The van der Waals surface area contributed by atoms with Crippen LogP contribution in [0.25, 0.3) is 6.08 Å². The van der Waals surface area contributed by atoms with Gasteiger partial charge in [0, 0.05) is 0 Å². The van der Waals surface area contributed by atoms with Gasteiger partial charge in [0.05, 0.1) is 18.4 Å². The van der Waals surface area contributed by atoms with E-state index >= 15 is 0 Å². The summed E-state index contributed by atoms with van der Waals surface area (Å²) in [5.74, 6) is -1.97. The molecule has 0 unspecified atom stereocenters. The van der Waals surface area contributed by atoms with Crippen molar-refractivity contribution in [1.82, 2.24) is 5.32 Å². The molecule has 0 aromatic heterocycles. The zero-order valence-corrected chi connectivity index (χ0v) is 15.6. The van der Waals surface area contributed by atoms with Crippen LogP contribution >= 0.6 is 0 Å². The highest BCUT2D eigenvalue weighted by atomic mass is 16.5. The van der Waals surface area contributed by atoms with Crippen LogP contribution in [0.2, 0.25) is 0 Å². The summed E-state index contributed by atoms with van der Waals surface area (Å²) in [4.78, 5) is 49.9.